The van der Waals surface area contributed by atoms with Gasteiger partial charge in [0.2, 0.25) is 5.91 Å². The normalized spacial score (nSPS) is 36.3. The monoisotopic (exact) mass is 305 g/mol. The van der Waals surface area contributed by atoms with Crippen LogP contribution in [-0.4, -0.2) is 12.5 Å². The van der Waals surface area contributed by atoms with E-state index in [9.17, 15) is 4.79 Å². The fourth-order valence-electron chi connectivity index (χ4n) is 5.75. The average molecular weight is 306 g/mol. The van der Waals surface area contributed by atoms with Crippen LogP contribution in [-0.2, 0) is 4.79 Å². The third-order valence-corrected chi connectivity index (χ3v) is 7.01. The Bertz CT molecular complexity index is 380. The molecule has 3 fully saturated rings. The van der Waals surface area contributed by atoms with Gasteiger partial charge in [0, 0.05) is 6.54 Å². The summed E-state index contributed by atoms with van der Waals surface area (Å²) in [4.78, 5) is 12.9. The summed E-state index contributed by atoms with van der Waals surface area (Å²) in [6.45, 7) is 3.17. The van der Waals surface area contributed by atoms with Crippen molar-refractivity contribution in [3.05, 3.63) is 0 Å². The molecule has 1 amide bonds. The van der Waals surface area contributed by atoms with Crippen molar-refractivity contribution in [3.63, 3.8) is 0 Å². The van der Waals surface area contributed by atoms with Crippen molar-refractivity contribution < 1.29 is 4.79 Å². The summed E-state index contributed by atoms with van der Waals surface area (Å²) in [5, 5.41) is 3.33. The van der Waals surface area contributed by atoms with Gasteiger partial charge in [-0.1, -0.05) is 51.9 Å². The first-order valence-electron chi connectivity index (χ1n) is 10.0. The average Bonchev–Trinajstić information content (AvgIpc) is 3.00. The van der Waals surface area contributed by atoms with Gasteiger partial charge in [0.05, 0.1) is 5.41 Å². The van der Waals surface area contributed by atoms with Gasteiger partial charge >= 0.3 is 0 Å². The van der Waals surface area contributed by atoms with E-state index in [4.69, 9.17) is 0 Å². The minimum Gasteiger partial charge on any atom is -0.356 e. The highest BCUT2D eigenvalue weighted by atomic mass is 16.2. The summed E-state index contributed by atoms with van der Waals surface area (Å²) < 4.78 is 0. The molecule has 2 nitrogen and oxygen atoms in total. The quantitative estimate of drug-likeness (QED) is 0.623. The maximum atomic E-state index is 12.9. The zero-order valence-corrected chi connectivity index (χ0v) is 14.5. The minimum atomic E-state index is 0.0398. The Morgan fingerprint density at radius 3 is 2.73 bits per heavy atom. The van der Waals surface area contributed by atoms with Gasteiger partial charge in [-0.2, -0.15) is 0 Å². The molecule has 0 saturated heterocycles. The Morgan fingerprint density at radius 2 is 1.86 bits per heavy atom. The van der Waals surface area contributed by atoms with Gasteiger partial charge in [-0.25, -0.2) is 0 Å². The first-order chi connectivity index (χ1) is 10.8. The van der Waals surface area contributed by atoms with E-state index in [-0.39, 0.29) is 5.41 Å². The van der Waals surface area contributed by atoms with E-state index in [2.05, 4.69) is 12.2 Å². The van der Waals surface area contributed by atoms with Crippen molar-refractivity contribution in [1.29, 1.82) is 0 Å². The Morgan fingerprint density at radius 1 is 1.05 bits per heavy atom. The Balaban J connectivity index is 1.45. The zero-order chi connectivity index (χ0) is 15.4. The summed E-state index contributed by atoms with van der Waals surface area (Å²) >= 11 is 0. The predicted molar refractivity (Wildman–Crippen MR) is 91.6 cm³/mol. The van der Waals surface area contributed by atoms with E-state index in [0.29, 0.717) is 11.8 Å². The molecule has 4 atom stereocenters. The number of nitrogens with one attached hydrogen (secondary N) is 1. The lowest BCUT2D eigenvalue weighted by Gasteiger charge is -2.48. The fraction of sp³-hybridized carbons (Fsp3) is 0.950. The van der Waals surface area contributed by atoms with E-state index in [1.165, 1.54) is 83.5 Å². The summed E-state index contributed by atoms with van der Waals surface area (Å²) in [6.07, 6.45) is 17.0. The number of amides is 1. The molecule has 4 unspecified atom stereocenters. The van der Waals surface area contributed by atoms with Crippen LogP contribution in [0.25, 0.3) is 0 Å². The van der Waals surface area contributed by atoms with Crippen molar-refractivity contribution >= 4 is 5.91 Å². The Labute approximate surface area is 136 Å². The zero-order valence-electron chi connectivity index (χ0n) is 14.5. The molecule has 3 aliphatic rings. The summed E-state index contributed by atoms with van der Waals surface area (Å²) in [5.74, 6) is 2.96. The Hall–Kier alpha value is -0.530. The van der Waals surface area contributed by atoms with Crippen molar-refractivity contribution in [3.8, 4) is 0 Å². The maximum absolute atomic E-state index is 12.9. The van der Waals surface area contributed by atoms with Crippen LogP contribution in [0.3, 0.4) is 0 Å². The topological polar surface area (TPSA) is 29.1 Å². The van der Waals surface area contributed by atoms with Gasteiger partial charge in [0.15, 0.2) is 0 Å². The number of carbonyl (C=O) groups is 1. The summed E-state index contributed by atoms with van der Waals surface area (Å²) in [7, 11) is 0. The van der Waals surface area contributed by atoms with Gasteiger partial charge < -0.3 is 5.32 Å². The molecule has 1 N–H and O–H groups in total. The molecule has 0 aromatic rings. The molecule has 4 bridgehead atoms. The summed E-state index contributed by atoms with van der Waals surface area (Å²) in [6, 6.07) is 0. The van der Waals surface area contributed by atoms with Crippen LogP contribution in [0.2, 0.25) is 0 Å². The van der Waals surface area contributed by atoms with Crippen molar-refractivity contribution in [2.75, 3.05) is 6.54 Å². The first kappa shape index (κ1) is 16.3. The van der Waals surface area contributed by atoms with Crippen LogP contribution in [0.4, 0.5) is 0 Å². The summed E-state index contributed by atoms with van der Waals surface area (Å²) in [5.41, 5.74) is 0.0398. The molecular formula is C20H35NO. The van der Waals surface area contributed by atoms with E-state index in [1.54, 1.807) is 0 Å². The number of carbonyl (C=O) groups excluding carboxylic acids is 1. The van der Waals surface area contributed by atoms with Crippen molar-refractivity contribution in [2.24, 2.45) is 23.2 Å². The molecule has 0 aliphatic heterocycles. The number of rotatable bonds is 8. The van der Waals surface area contributed by atoms with Gasteiger partial charge in [-0.15, -0.1) is 0 Å². The van der Waals surface area contributed by atoms with Crippen molar-refractivity contribution in [1.82, 2.24) is 5.32 Å². The number of hydrogen-bond acceptors (Lipinski definition) is 1. The van der Waals surface area contributed by atoms with Gasteiger partial charge in [-0.05, 0) is 56.3 Å². The maximum Gasteiger partial charge on any atom is 0.226 e. The van der Waals surface area contributed by atoms with Crippen LogP contribution >= 0.6 is 0 Å². The second kappa shape index (κ2) is 7.36. The van der Waals surface area contributed by atoms with Crippen LogP contribution in [0.1, 0.15) is 90.4 Å². The van der Waals surface area contributed by atoms with E-state index in [0.717, 1.165) is 18.4 Å². The van der Waals surface area contributed by atoms with Crippen molar-refractivity contribution in [2.45, 2.75) is 90.4 Å². The highest BCUT2D eigenvalue weighted by Crippen LogP contribution is 2.60. The predicted octanol–water partition coefficient (Wildman–Crippen LogP) is 5.07. The fourth-order valence-corrected chi connectivity index (χ4v) is 5.75. The van der Waals surface area contributed by atoms with Gasteiger partial charge in [-0.3, -0.25) is 4.79 Å². The molecule has 3 rings (SSSR count). The van der Waals surface area contributed by atoms with E-state index in [1.807, 2.05) is 0 Å². The third-order valence-electron chi connectivity index (χ3n) is 7.01. The molecule has 0 spiro atoms. The third kappa shape index (κ3) is 3.21. The van der Waals surface area contributed by atoms with E-state index < -0.39 is 0 Å². The van der Waals surface area contributed by atoms with Gasteiger partial charge in [0.25, 0.3) is 0 Å². The molecule has 0 aromatic heterocycles. The second-order valence-electron chi connectivity index (χ2n) is 8.31. The molecule has 0 heterocycles. The van der Waals surface area contributed by atoms with Crippen LogP contribution in [0.15, 0.2) is 0 Å². The number of hydrogen-bond donors (Lipinski definition) is 1. The lowest BCUT2D eigenvalue weighted by molar-refractivity contribution is -0.141. The van der Waals surface area contributed by atoms with Crippen LogP contribution < -0.4 is 5.32 Å². The number of unbranched alkanes of at least 4 members (excludes halogenated alkanes) is 5. The molecule has 2 heteroatoms. The van der Waals surface area contributed by atoms with Crippen LogP contribution in [0, 0.1) is 23.2 Å². The lowest BCUT2D eigenvalue weighted by atomic mass is 9.56. The molecule has 0 aromatic carbocycles. The molecule has 3 aliphatic carbocycles. The van der Waals surface area contributed by atoms with Crippen LogP contribution in [0.5, 0.6) is 0 Å². The molecular weight excluding hydrogens is 270 g/mol. The molecule has 22 heavy (non-hydrogen) atoms. The molecule has 3 saturated carbocycles. The SMILES string of the molecule is CCCCCCCCNC(=O)C12CCCC(C1)C1CCC2C1. The highest BCUT2D eigenvalue weighted by molar-refractivity contribution is 5.83. The standard InChI is InChI=1S/C20H35NO/c1-2-3-4-5-6-7-13-21-19(22)20-12-8-9-17(15-20)16-10-11-18(20)14-16/h16-18H,2-15H2,1H3,(H,21,22). The number of fused-ring (bicyclic) bond motifs is 6. The molecule has 126 valence electrons. The van der Waals surface area contributed by atoms with Gasteiger partial charge in [0.1, 0.15) is 0 Å². The highest BCUT2D eigenvalue weighted by Gasteiger charge is 2.56. The minimum absolute atomic E-state index is 0.0398. The molecule has 0 radical (unpaired) electrons. The largest absolute Gasteiger partial charge is 0.356 e. The first-order valence-corrected chi connectivity index (χ1v) is 10.0. The van der Waals surface area contributed by atoms with E-state index >= 15 is 0 Å². The Kier molecular flexibility index (Phi) is 5.46. The smallest absolute Gasteiger partial charge is 0.226 e. The lowest BCUT2D eigenvalue weighted by Crippen LogP contribution is -2.51. The second-order valence-corrected chi connectivity index (χ2v) is 8.31.